The highest BCUT2D eigenvalue weighted by atomic mass is 16.8. The van der Waals surface area contributed by atoms with Gasteiger partial charge in [0.2, 0.25) is 0 Å². The lowest BCUT2D eigenvalue weighted by Crippen LogP contribution is -2.52. The van der Waals surface area contributed by atoms with E-state index >= 15 is 0 Å². The predicted octanol–water partition coefficient (Wildman–Crippen LogP) is 3.09. The Bertz CT molecular complexity index is 489. The first-order valence-corrected chi connectivity index (χ1v) is 9.23. The molecule has 1 aromatic rings. The summed E-state index contributed by atoms with van der Waals surface area (Å²) in [7, 11) is 0. The number of esters is 1. The summed E-state index contributed by atoms with van der Waals surface area (Å²) in [5, 5.41) is 0. The molecule has 0 aliphatic carbocycles. The second-order valence-electron chi connectivity index (χ2n) is 6.44. The number of carbonyl (C=O) groups excluding carboxylic acids is 1. The van der Waals surface area contributed by atoms with Gasteiger partial charge in [0.1, 0.15) is 0 Å². The van der Waals surface area contributed by atoms with Crippen LogP contribution in [0, 0.1) is 5.92 Å². The Hall–Kier alpha value is -1.47. The Balaban J connectivity index is 1.63. The van der Waals surface area contributed by atoms with Crippen LogP contribution in [-0.4, -0.2) is 25.0 Å². The number of rotatable bonds is 10. The number of ether oxygens (including phenoxy) is 1. The molecule has 6 nitrogen and oxygen atoms in total. The van der Waals surface area contributed by atoms with E-state index < -0.39 is 6.23 Å². The molecule has 0 aromatic heterocycles. The maximum Gasteiger partial charge on any atom is 0.309 e. The highest BCUT2D eigenvalue weighted by Crippen LogP contribution is 2.14. The molecule has 3 unspecified atom stereocenters. The van der Waals surface area contributed by atoms with E-state index in [9.17, 15) is 4.79 Å². The van der Waals surface area contributed by atoms with Crippen LogP contribution in [0.15, 0.2) is 30.3 Å². The van der Waals surface area contributed by atoms with E-state index in [1.54, 1.807) is 0 Å². The van der Waals surface area contributed by atoms with E-state index in [-0.39, 0.29) is 18.6 Å². The Morgan fingerprint density at radius 2 is 1.88 bits per heavy atom. The highest BCUT2D eigenvalue weighted by molar-refractivity contribution is 5.69. The fourth-order valence-electron chi connectivity index (χ4n) is 2.68. The summed E-state index contributed by atoms with van der Waals surface area (Å²) in [6, 6.07) is 9.99. The summed E-state index contributed by atoms with van der Waals surface area (Å²) in [6.07, 6.45) is 4.39. The lowest BCUT2D eigenvalue weighted by Gasteiger charge is -2.30. The van der Waals surface area contributed by atoms with Gasteiger partial charge in [0, 0.05) is 6.42 Å². The van der Waals surface area contributed by atoms with Crippen molar-refractivity contribution in [2.75, 3.05) is 6.61 Å². The van der Waals surface area contributed by atoms with E-state index in [0.717, 1.165) is 24.8 Å². The minimum atomic E-state index is -0.546. The van der Waals surface area contributed by atoms with Gasteiger partial charge in [0.25, 0.3) is 0 Å². The Morgan fingerprint density at radius 3 is 2.52 bits per heavy atom. The molecule has 3 atom stereocenters. The summed E-state index contributed by atoms with van der Waals surface area (Å²) in [4.78, 5) is 22.9. The van der Waals surface area contributed by atoms with Crippen molar-refractivity contribution in [1.82, 2.24) is 11.0 Å². The van der Waals surface area contributed by atoms with Crippen LogP contribution in [0.4, 0.5) is 0 Å². The Labute approximate surface area is 150 Å². The van der Waals surface area contributed by atoms with Gasteiger partial charge in [0.05, 0.1) is 13.0 Å². The molecule has 1 heterocycles. The van der Waals surface area contributed by atoms with Gasteiger partial charge in [-0.2, -0.15) is 11.0 Å². The monoisotopic (exact) mass is 350 g/mol. The van der Waals surface area contributed by atoms with Gasteiger partial charge in [-0.3, -0.25) is 14.5 Å². The zero-order valence-corrected chi connectivity index (χ0v) is 15.2. The molecule has 25 heavy (non-hydrogen) atoms. The van der Waals surface area contributed by atoms with Crippen molar-refractivity contribution in [2.45, 2.75) is 64.8 Å². The molecule has 6 heteroatoms. The van der Waals surface area contributed by atoms with Crippen LogP contribution in [0.5, 0.6) is 0 Å². The average Bonchev–Trinajstić information content (AvgIpc) is 2.64. The van der Waals surface area contributed by atoms with Gasteiger partial charge in [-0.25, -0.2) is 0 Å². The van der Waals surface area contributed by atoms with Gasteiger partial charge in [-0.05, 0) is 17.9 Å². The fourth-order valence-corrected chi connectivity index (χ4v) is 2.68. The summed E-state index contributed by atoms with van der Waals surface area (Å²) in [5.41, 5.74) is 6.74. The van der Waals surface area contributed by atoms with Crippen LogP contribution in [0.25, 0.3) is 0 Å². The maximum atomic E-state index is 12.0. The van der Waals surface area contributed by atoms with Crippen LogP contribution in [-0.2, 0) is 25.6 Å². The standard InChI is InChI=1S/C19H30N2O4/c1-3-5-9-15(4-2)14-23-19(22)13-18-21-24-17(20-25-18)12-16-10-7-6-8-11-16/h6-8,10-11,15,17-18,20-21H,3-5,9,12-14H2,1-2H3. The molecule has 1 aliphatic rings. The van der Waals surface area contributed by atoms with E-state index in [4.69, 9.17) is 14.4 Å². The first-order valence-electron chi connectivity index (χ1n) is 9.23. The van der Waals surface area contributed by atoms with E-state index in [1.165, 1.54) is 6.42 Å². The summed E-state index contributed by atoms with van der Waals surface area (Å²) < 4.78 is 5.38. The van der Waals surface area contributed by atoms with Gasteiger partial charge in [0.15, 0.2) is 12.5 Å². The Morgan fingerprint density at radius 1 is 1.16 bits per heavy atom. The third-order valence-electron chi connectivity index (χ3n) is 4.32. The number of hydrogen-bond acceptors (Lipinski definition) is 6. The van der Waals surface area contributed by atoms with Gasteiger partial charge in [-0.15, -0.1) is 0 Å². The minimum absolute atomic E-state index is 0.106. The number of hydrogen-bond donors (Lipinski definition) is 2. The number of hydroxylamine groups is 2. The third kappa shape index (κ3) is 7.52. The fraction of sp³-hybridized carbons (Fsp3) is 0.632. The summed E-state index contributed by atoms with van der Waals surface area (Å²) in [5.74, 6) is 0.160. The lowest BCUT2D eigenvalue weighted by atomic mass is 10.0. The Kier molecular flexibility index (Phi) is 8.90. The van der Waals surface area contributed by atoms with Crippen LogP contribution < -0.4 is 11.0 Å². The normalized spacial score (nSPS) is 21.7. The van der Waals surface area contributed by atoms with E-state index in [0.29, 0.717) is 18.9 Å². The predicted molar refractivity (Wildman–Crippen MR) is 95.0 cm³/mol. The topological polar surface area (TPSA) is 68.8 Å². The molecule has 0 bridgehead atoms. The number of nitrogens with one attached hydrogen (secondary N) is 2. The molecule has 140 valence electrons. The molecule has 1 saturated heterocycles. The first kappa shape index (κ1) is 19.8. The molecule has 1 fully saturated rings. The molecule has 0 amide bonds. The van der Waals surface area contributed by atoms with Crippen LogP contribution in [0.3, 0.4) is 0 Å². The first-order chi connectivity index (χ1) is 12.2. The lowest BCUT2D eigenvalue weighted by molar-refractivity contribution is -0.253. The van der Waals surface area contributed by atoms with Crippen LogP contribution in [0.2, 0.25) is 0 Å². The molecule has 0 spiro atoms. The molecule has 2 rings (SSSR count). The summed E-state index contributed by atoms with van der Waals surface area (Å²) in [6.45, 7) is 4.78. The third-order valence-corrected chi connectivity index (χ3v) is 4.32. The van der Waals surface area contributed by atoms with Crippen molar-refractivity contribution in [3.8, 4) is 0 Å². The smallest absolute Gasteiger partial charge is 0.309 e. The van der Waals surface area contributed by atoms with Crippen LogP contribution >= 0.6 is 0 Å². The molecular formula is C19H30N2O4. The van der Waals surface area contributed by atoms with Gasteiger partial charge >= 0.3 is 5.97 Å². The molecule has 2 N–H and O–H groups in total. The van der Waals surface area contributed by atoms with Crippen LogP contribution in [0.1, 0.15) is 51.5 Å². The van der Waals surface area contributed by atoms with Crippen molar-refractivity contribution in [1.29, 1.82) is 0 Å². The van der Waals surface area contributed by atoms with E-state index in [2.05, 4.69) is 24.8 Å². The van der Waals surface area contributed by atoms with Gasteiger partial charge in [-0.1, -0.05) is 63.4 Å². The average molecular weight is 350 g/mol. The molecular weight excluding hydrogens is 320 g/mol. The van der Waals surface area contributed by atoms with E-state index in [1.807, 2.05) is 30.3 Å². The number of unbranched alkanes of at least 4 members (excludes halogenated alkanes) is 1. The maximum absolute atomic E-state index is 12.0. The quantitative estimate of drug-likeness (QED) is 0.632. The van der Waals surface area contributed by atoms with Crippen molar-refractivity contribution < 1.29 is 19.2 Å². The molecule has 0 saturated carbocycles. The summed E-state index contributed by atoms with van der Waals surface area (Å²) >= 11 is 0. The van der Waals surface area contributed by atoms with Crippen molar-refractivity contribution in [3.05, 3.63) is 35.9 Å². The van der Waals surface area contributed by atoms with Gasteiger partial charge < -0.3 is 4.74 Å². The highest BCUT2D eigenvalue weighted by Gasteiger charge is 2.25. The van der Waals surface area contributed by atoms with Crippen molar-refractivity contribution in [3.63, 3.8) is 0 Å². The molecule has 1 aromatic carbocycles. The SMILES string of the molecule is CCCCC(CC)COC(=O)CC1NOC(Cc2ccccc2)NO1. The largest absolute Gasteiger partial charge is 0.465 e. The van der Waals surface area contributed by atoms with Crippen molar-refractivity contribution >= 4 is 5.97 Å². The minimum Gasteiger partial charge on any atom is -0.465 e. The number of carbonyl (C=O) groups is 1. The molecule has 1 aliphatic heterocycles. The second-order valence-corrected chi connectivity index (χ2v) is 6.44. The zero-order chi connectivity index (χ0) is 17.9. The second kappa shape index (κ2) is 11.2. The zero-order valence-electron chi connectivity index (χ0n) is 15.2. The number of benzene rings is 1. The molecule has 0 radical (unpaired) electrons. The van der Waals surface area contributed by atoms with Crippen molar-refractivity contribution in [2.24, 2.45) is 5.92 Å².